The Hall–Kier alpha value is -1.82. The minimum atomic E-state index is -0.503. The molecule has 2 rings (SSSR count). The first-order valence-corrected chi connectivity index (χ1v) is 6.34. The molecule has 1 aliphatic heterocycles. The predicted molar refractivity (Wildman–Crippen MR) is 72.4 cm³/mol. The van der Waals surface area contributed by atoms with Crippen molar-refractivity contribution in [3.05, 3.63) is 29.8 Å². The number of aryl methyl sites for hydroxylation is 1. The first kappa shape index (κ1) is 12.6. The van der Waals surface area contributed by atoms with Crippen LogP contribution in [0.2, 0.25) is 0 Å². The van der Waals surface area contributed by atoms with Crippen molar-refractivity contribution in [3.8, 4) is 0 Å². The number of nitrogens with zero attached hydrogens (tertiary/aromatic N) is 1. The molecular formula is C12H13N3O2S. The minimum absolute atomic E-state index is 0.0864. The molecule has 1 aliphatic rings. The molecule has 1 heterocycles. The van der Waals surface area contributed by atoms with E-state index in [0.29, 0.717) is 5.69 Å². The van der Waals surface area contributed by atoms with Crippen molar-refractivity contribution in [2.45, 2.75) is 18.6 Å². The molecule has 0 saturated heterocycles. The first-order chi connectivity index (χ1) is 8.54. The van der Waals surface area contributed by atoms with Gasteiger partial charge in [-0.25, -0.2) is 0 Å². The molecule has 1 aromatic rings. The van der Waals surface area contributed by atoms with Gasteiger partial charge in [-0.05, 0) is 19.1 Å². The highest BCUT2D eigenvalue weighted by atomic mass is 32.2. The molecule has 3 N–H and O–H groups in total. The molecule has 6 heteroatoms. The van der Waals surface area contributed by atoms with Gasteiger partial charge in [-0.15, -0.1) is 0 Å². The molecule has 0 spiro atoms. The van der Waals surface area contributed by atoms with Gasteiger partial charge < -0.3 is 11.1 Å². The summed E-state index contributed by atoms with van der Waals surface area (Å²) >= 11 is 1.12. The second kappa shape index (κ2) is 5.22. The Labute approximate surface area is 109 Å². The van der Waals surface area contributed by atoms with Gasteiger partial charge in [0.05, 0.1) is 6.42 Å². The van der Waals surface area contributed by atoms with Gasteiger partial charge in [0.2, 0.25) is 11.8 Å². The summed E-state index contributed by atoms with van der Waals surface area (Å²) in [4.78, 5) is 26.7. The van der Waals surface area contributed by atoms with E-state index in [9.17, 15) is 9.59 Å². The third-order valence-electron chi connectivity index (χ3n) is 2.47. The molecule has 2 amide bonds. The molecule has 94 valence electrons. The fraction of sp³-hybridized carbons (Fsp3) is 0.250. The maximum absolute atomic E-state index is 11.9. The van der Waals surface area contributed by atoms with Crippen LogP contribution in [-0.4, -0.2) is 22.2 Å². The quantitative estimate of drug-likeness (QED) is 0.841. The molecule has 1 atom stereocenters. The van der Waals surface area contributed by atoms with Crippen molar-refractivity contribution in [2.24, 2.45) is 10.7 Å². The molecule has 1 aromatic carbocycles. The highest BCUT2D eigenvalue weighted by Gasteiger charge is 2.27. The fourth-order valence-corrected chi connectivity index (χ4v) is 2.38. The van der Waals surface area contributed by atoms with Crippen LogP contribution in [0.5, 0.6) is 0 Å². The van der Waals surface area contributed by atoms with E-state index in [1.54, 1.807) is 0 Å². The number of aliphatic imine (C=N–C) groups is 1. The van der Waals surface area contributed by atoms with Crippen molar-refractivity contribution in [3.63, 3.8) is 0 Å². The molecule has 0 fully saturated rings. The Morgan fingerprint density at radius 1 is 1.44 bits per heavy atom. The number of hydrogen-bond acceptors (Lipinski definition) is 4. The highest BCUT2D eigenvalue weighted by molar-refractivity contribution is 8.15. The predicted octanol–water partition coefficient (Wildman–Crippen LogP) is 1.28. The van der Waals surface area contributed by atoms with Crippen LogP contribution in [0.4, 0.5) is 5.69 Å². The minimum Gasteiger partial charge on any atom is -0.378 e. The van der Waals surface area contributed by atoms with Crippen molar-refractivity contribution in [1.82, 2.24) is 0 Å². The van der Waals surface area contributed by atoms with Crippen LogP contribution in [0, 0.1) is 6.92 Å². The number of hydrogen-bond donors (Lipinski definition) is 2. The zero-order chi connectivity index (χ0) is 13.1. The van der Waals surface area contributed by atoms with Gasteiger partial charge >= 0.3 is 0 Å². The zero-order valence-corrected chi connectivity index (χ0v) is 10.7. The molecule has 18 heavy (non-hydrogen) atoms. The summed E-state index contributed by atoms with van der Waals surface area (Å²) in [6.07, 6.45) is 0.0864. The topological polar surface area (TPSA) is 84.5 Å². The number of amides is 2. The molecule has 0 aromatic heterocycles. The van der Waals surface area contributed by atoms with E-state index in [1.165, 1.54) is 0 Å². The fourth-order valence-electron chi connectivity index (χ4n) is 1.55. The lowest BCUT2D eigenvalue weighted by Gasteiger charge is -2.17. The van der Waals surface area contributed by atoms with Crippen LogP contribution in [-0.2, 0) is 9.59 Å². The molecule has 0 saturated carbocycles. The van der Waals surface area contributed by atoms with Gasteiger partial charge in [-0.2, -0.15) is 4.99 Å². The first-order valence-electron chi connectivity index (χ1n) is 5.46. The van der Waals surface area contributed by atoms with E-state index in [4.69, 9.17) is 5.73 Å². The number of anilines is 1. The van der Waals surface area contributed by atoms with E-state index >= 15 is 0 Å². The molecule has 0 radical (unpaired) electrons. The number of nitrogens with one attached hydrogen (secondary N) is 1. The summed E-state index contributed by atoms with van der Waals surface area (Å²) in [6.45, 7) is 1.97. The highest BCUT2D eigenvalue weighted by Crippen LogP contribution is 2.22. The van der Waals surface area contributed by atoms with Gasteiger partial charge in [0.15, 0.2) is 5.17 Å². The van der Waals surface area contributed by atoms with Crippen LogP contribution in [0.3, 0.4) is 0 Å². The van der Waals surface area contributed by atoms with Gasteiger partial charge in [-0.1, -0.05) is 29.5 Å². The number of thioether (sulfide) groups is 1. The number of benzene rings is 1. The average Bonchev–Trinajstić information content (AvgIpc) is 2.31. The van der Waals surface area contributed by atoms with Gasteiger partial charge in [-0.3, -0.25) is 9.59 Å². The van der Waals surface area contributed by atoms with Gasteiger partial charge in [0.25, 0.3) is 0 Å². The van der Waals surface area contributed by atoms with Crippen molar-refractivity contribution < 1.29 is 9.59 Å². The SMILES string of the molecule is Cc1ccc(NC(=O)C2CC(=O)N=C(N)S2)cc1. The van der Waals surface area contributed by atoms with E-state index < -0.39 is 5.25 Å². The second-order valence-electron chi connectivity index (χ2n) is 4.01. The zero-order valence-electron chi connectivity index (χ0n) is 9.84. The molecule has 0 bridgehead atoms. The summed E-state index contributed by atoms with van der Waals surface area (Å²) in [5.74, 6) is -0.578. The van der Waals surface area contributed by atoms with Crippen molar-refractivity contribution in [2.75, 3.05) is 5.32 Å². The Kier molecular flexibility index (Phi) is 3.66. The molecular weight excluding hydrogens is 250 g/mol. The van der Waals surface area contributed by atoms with E-state index in [0.717, 1.165) is 17.3 Å². The third kappa shape index (κ3) is 3.10. The lowest BCUT2D eigenvalue weighted by atomic mass is 10.2. The number of rotatable bonds is 2. The van der Waals surface area contributed by atoms with E-state index in [2.05, 4.69) is 10.3 Å². The van der Waals surface area contributed by atoms with E-state index in [1.807, 2.05) is 31.2 Å². The third-order valence-corrected chi connectivity index (χ3v) is 3.47. The number of carbonyl (C=O) groups is 2. The summed E-state index contributed by atoms with van der Waals surface area (Å²) in [5.41, 5.74) is 7.30. The maximum atomic E-state index is 11.9. The van der Waals surface area contributed by atoms with Gasteiger partial charge in [0.1, 0.15) is 5.25 Å². The van der Waals surface area contributed by atoms with Gasteiger partial charge in [0, 0.05) is 5.69 Å². The van der Waals surface area contributed by atoms with Crippen molar-refractivity contribution in [1.29, 1.82) is 0 Å². The maximum Gasteiger partial charge on any atom is 0.249 e. The van der Waals surface area contributed by atoms with Crippen LogP contribution in [0.1, 0.15) is 12.0 Å². The summed E-state index contributed by atoms with van der Waals surface area (Å²) < 4.78 is 0. The average molecular weight is 263 g/mol. The Morgan fingerprint density at radius 3 is 2.72 bits per heavy atom. The largest absolute Gasteiger partial charge is 0.378 e. The summed E-state index contributed by atoms with van der Waals surface area (Å²) in [7, 11) is 0. The van der Waals surface area contributed by atoms with Crippen LogP contribution >= 0.6 is 11.8 Å². The lowest BCUT2D eigenvalue weighted by molar-refractivity contribution is -0.121. The van der Waals surface area contributed by atoms with Crippen molar-refractivity contribution >= 4 is 34.4 Å². The van der Waals surface area contributed by atoms with Crippen LogP contribution in [0.15, 0.2) is 29.3 Å². The molecule has 5 nitrogen and oxygen atoms in total. The van der Waals surface area contributed by atoms with E-state index in [-0.39, 0.29) is 23.4 Å². The lowest BCUT2D eigenvalue weighted by Crippen LogP contribution is -2.33. The smallest absolute Gasteiger partial charge is 0.249 e. The second-order valence-corrected chi connectivity index (χ2v) is 5.23. The molecule has 0 aliphatic carbocycles. The standard InChI is InChI=1S/C12H13N3O2S/c1-7-2-4-8(5-3-7)14-11(17)9-6-10(16)15-12(13)18-9/h2-5,9H,6H2,1H3,(H,14,17)(H2,13,15,16). The Morgan fingerprint density at radius 2 is 2.11 bits per heavy atom. The summed E-state index contributed by atoms with van der Waals surface area (Å²) in [6, 6.07) is 7.45. The van der Waals surface area contributed by atoms with Crippen LogP contribution in [0.25, 0.3) is 0 Å². The Balaban J connectivity index is 2.02. The molecule has 1 unspecified atom stereocenters. The van der Waals surface area contributed by atoms with Crippen LogP contribution < -0.4 is 11.1 Å². The number of carbonyl (C=O) groups excluding carboxylic acids is 2. The number of nitrogens with two attached hydrogens (primary N) is 1. The normalized spacial score (nSPS) is 19.3. The summed E-state index contributed by atoms with van der Waals surface area (Å²) in [5, 5.41) is 2.40. The Bertz CT molecular complexity index is 511. The monoisotopic (exact) mass is 263 g/mol. The number of amidine groups is 1.